The lowest BCUT2D eigenvalue weighted by molar-refractivity contribution is 0.248. The topological polar surface area (TPSA) is 55.9 Å². The molecule has 4 rings (SSSR count). The zero-order valence-corrected chi connectivity index (χ0v) is 15.7. The number of nitrogens with zero attached hydrogens (tertiary/aromatic N) is 3. The van der Waals surface area contributed by atoms with Gasteiger partial charge in [0.15, 0.2) is 5.82 Å². The van der Waals surface area contributed by atoms with Gasteiger partial charge in [0.2, 0.25) is 0 Å². The predicted octanol–water partition coefficient (Wildman–Crippen LogP) is 2.21. The zero-order valence-electron chi connectivity index (χ0n) is 14.9. The van der Waals surface area contributed by atoms with E-state index in [1.165, 1.54) is 12.1 Å². The first kappa shape index (κ1) is 19.0. The molecule has 1 saturated heterocycles. The van der Waals surface area contributed by atoms with E-state index in [2.05, 4.69) is 10.2 Å². The molecule has 2 aliphatic heterocycles. The first-order valence-electron chi connectivity index (χ1n) is 8.89. The third kappa shape index (κ3) is 3.21. The Hall–Kier alpha value is -2.30. The monoisotopic (exact) mass is 412 g/mol. The quantitative estimate of drug-likeness (QED) is 0.837. The summed E-state index contributed by atoms with van der Waals surface area (Å²) in [6.45, 7) is 3.73. The van der Waals surface area contributed by atoms with E-state index in [4.69, 9.17) is 0 Å². The second-order valence-electron chi connectivity index (χ2n) is 6.64. The van der Waals surface area contributed by atoms with Gasteiger partial charge in [-0.25, -0.2) is 21.8 Å². The number of benzene rings is 2. The lowest BCUT2D eigenvalue weighted by atomic mass is 10.2. The van der Waals surface area contributed by atoms with Gasteiger partial charge < -0.3 is 5.32 Å². The second kappa shape index (κ2) is 7.26. The van der Waals surface area contributed by atoms with Crippen molar-refractivity contribution in [3.05, 3.63) is 53.8 Å². The van der Waals surface area contributed by atoms with Gasteiger partial charge in [0.05, 0.1) is 11.4 Å². The summed E-state index contributed by atoms with van der Waals surface area (Å²) in [7, 11) is -4.28. The Morgan fingerprint density at radius 1 is 0.929 bits per heavy atom. The summed E-state index contributed by atoms with van der Waals surface area (Å²) >= 11 is 0. The van der Waals surface area contributed by atoms with Crippen molar-refractivity contribution in [1.82, 2.24) is 10.2 Å². The fourth-order valence-corrected chi connectivity index (χ4v) is 5.25. The van der Waals surface area contributed by atoms with E-state index in [1.807, 2.05) is 0 Å². The summed E-state index contributed by atoms with van der Waals surface area (Å²) in [6.07, 6.45) is 0. The van der Waals surface area contributed by atoms with Crippen LogP contribution in [0.2, 0.25) is 0 Å². The van der Waals surface area contributed by atoms with Gasteiger partial charge in [0.25, 0.3) is 0 Å². The average molecular weight is 412 g/mol. The molecule has 0 aliphatic carbocycles. The van der Waals surface area contributed by atoms with Gasteiger partial charge in [-0.3, -0.25) is 4.90 Å². The summed E-state index contributed by atoms with van der Waals surface area (Å²) in [6, 6.07) is 6.52. The van der Waals surface area contributed by atoms with Crippen LogP contribution in [0.15, 0.2) is 36.4 Å². The number of hydrogen-bond donors (Lipinski definition) is 1. The molecule has 2 aromatic rings. The number of hydrogen-bond acceptors (Lipinski definition) is 4. The molecule has 1 fully saturated rings. The maximum atomic E-state index is 14.6. The molecule has 0 aromatic heterocycles. The molecule has 0 atom stereocenters. The van der Waals surface area contributed by atoms with Crippen LogP contribution in [0.1, 0.15) is 0 Å². The average Bonchev–Trinajstić information content (AvgIpc) is 2.88. The standard InChI is InChI=1S/C18H19F3N4O2S/c19-13-4-5-16(15(21)12-13)25-18-14(20)2-1-3-17(18)24(28(25,26)27)11-10-23-8-6-22-7-9-23/h1-5,12,22H,6-11H2. The highest BCUT2D eigenvalue weighted by molar-refractivity contribution is 7.95. The Labute approximate surface area is 161 Å². The van der Waals surface area contributed by atoms with Crippen molar-refractivity contribution in [2.45, 2.75) is 0 Å². The van der Waals surface area contributed by atoms with E-state index < -0.39 is 33.3 Å². The maximum absolute atomic E-state index is 14.6. The van der Waals surface area contributed by atoms with E-state index in [-0.39, 0.29) is 17.9 Å². The van der Waals surface area contributed by atoms with Crippen LogP contribution >= 0.6 is 0 Å². The van der Waals surface area contributed by atoms with Crippen LogP contribution in [0.5, 0.6) is 0 Å². The number of para-hydroxylation sites is 1. The highest BCUT2D eigenvalue weighted by atomic mass is 32.2. The Balaban J connectivity index is 1.74. The van der Waals surface area contributed by atoms with Crippen molar-refractivity contribution in [3.63, 3.8) is 0 Å². The molecule has 10 heteroatoms. The maximum Gasteiger partial charge on any atom is 0.331 e. The Bertz CT molecular complexity index is 996. The highest BCUT2D eigenvalue weighted by Crippen LogP contribution is 2.47. The van der Waals surface area contributed by atoms with Gasteiger partial charge in [-0.05, 0) is 24.3 Å². The molecule has 150 valence electrons. The first-order chi connectivity index (χ1) is 13.4. The number of piperazine rings is 1. The van der Waals surface area contributed by atoms with E-state index >= 15 is 0 Å². The van der Waals surface area contributed by atoms with Crippen molar-refractivity contribution in [1.29, 1.82) is 0 Å². The lowest BCUT2D eigenvalue weighted by Gasteiger charge is -2.29. The van der Waals surface area contributed by atoms with E-state index in [1.54, 1.807) is 0 Å². The Morgan fingerprint density at radius 2 is 1.68 bits per heavy atom. The number of halogens is 3. The summed E-state index contributed by atoms with van der Waals surface area (Å²) in [4.78, 5) is 2.10. The molecule has 1 N–H and O–H groups in total. The van der Waals surface area contributed by atoms with Gasteiger partial charge in [0, 0.05) is 45.3 Å². The van der Waals surface area contributed by atoms with E-state index in [0.29, 0.717) is 16.9 Å². The largest absolute Gasteiger partial charge is 0.331 e. The van der Waals surface area contributed by atoms with Crippen LogP contribution in [0.3, 0.4) is 0 Å². The molecule has 0 radical (unpaired) electrons. The molecular weight excluding hydrogens is 393 g/mol. The summed E-state index contributed by atoms with van der Waals surface area (Å²) < 4.78 is 70.4. The van der Waals surface area contributed by atoms with Gasteiger partial charge in [0.1, 0.15) is 17.3 Å². The SMILES string of the molecule is O=S1(=O)N(CCN2CCNCC2)c2cccc(F)c2N1c1ccc(F)cc1F. The van der Waals surface area contributed by atoms with Crippen LogP contribution in [0.25, 0.3) is 0 Å². The molecule has 2 aliphatic rings. The lowest BCUT2D eigenvalue weighted by Crippen LogP contribution is -2.47. The minimum atomic E-state index is -4.28. The number of rotatable bonds is 4. The summed E-state index contributed by atoms with van der Waals surface area (Å²) in [5.74, 6) is -2.72. The van der Waals surface area contributed by atoms with E-state index in [0.717, 1.165) is 48.7 Å². The van der Waals surface area contributed by atoms with Crippen LogP contribution in [0, 0.1) is 17.5 Å². The Morgan fingerprint density at radius 3 is 2.39 bits per heavy atom. The minimum Gasteiger partial charge on any atom is -0.314 e. The van der Waals surface area contributed by atoms with Gasteiger partial charge in [-0.2, -0.15) is 8.42 Å². The zero-order chi connectivity index (χ0) is 19.9. The molecule has 28 heavy (non-hydrogen) atoms. The predicted molar refractivity (Wildman–Crippen MR) is 100 cm³/mol. The molecule has 0 bridgehead atoms. The molecule has 0 amide bonds. The third-order valence-electron chi connectivity index (χ3n) is 4.90. The summed E-state index contributed by atoms with van der Waals surface area (Å²) in [5, 5.41) is 3.22. The fourth-order valence-electron chi connectivity index (χ4n) is 3.54. The van der Waals surface area contributed by atoms with Crippen molar-refractivity contribution in [2.75, 3.05) is 47.9 Å². The van der Waals surface area contributed by atoms with E-state index in [9.17, 15) is 21.6 Å². The Kier molecular flexibility index (Phi) is 4.94. The highest BCUT2D eigenvalue weighted by Gasteiger charge is 2.44. The van der Waals surface area contributed by atoms with Crippen molar-refractivity contribution in [3.8, 4) is 0 Å². The minimum absolute atomic E-state index is 0.0953. The smallest absolute Gasteiger partial charge is 0.314 e. The van der Waals surface area contributed by atoms with Gasteiger partial charge in [-0.15, -0.1) is 0 Å². The normalized spacial score (nSPS) is 19.1. The summed E-state index contributed by atoms with van der Waals surface area (Å²) in [5.41, 5.74) is -0.537. The fraction of sp³-hybridized carbons (Fsp3) is 0.333. The van der Waals surface area contributed by atoms with Crippen molar-refractivity contribution < 1.29 is 21.6 Å². The first-order valence-corrected chi connectivity index (χ1v) is 10.3. The number of fused-ring (bicyclic) bond motifs is 1. The number of anilines is 3. The molecule has 0 unspecified atom stereocenters. The van der Waals surface area contributed by atoms with Crippen molar-refractivity contribution in [2.24, 2.45) is 0 Å². The van der Waals surface area contributed by atoms with Crippen LogP contribution in [-0.2, 0) is 10.2 Å². The van der Waals surface area contributed by atoms with Crippen molar-refractivity contribution >= 4 is 27.3 Å². The molecule has 6 nitrogen and oxygen atoms in total. The molecule has 0 spiro atoms. The third-order valence-corrected chi connectivity index (χ3v) is 6.68. The molecular formula is C18H19F3N4O2S. The molecule has 2 aromatic carbocycles. The van der Waals surface area contributed by atoms with Gasteiger partial charge >= 0.3 is 10.2 Å². The van der Waals surface area contributed by atoms with Gasteiger partial charge in [-0.1, -0.05) is 6.07 Å². The van der Waals surface area contributed by atoms with Crippen LogP contribution in [-0.4, -0.2) is 52.6 Å². The molecule has 0 saturated carbocycles. The second-order valence-corrected chi connectivity index (χ2v) is 8.34. The van der Waals surface area contributed by atoms with Crippen LogP contribution in [0.4, 0.5) is 30.2 Å². The van der Waals surface area contributed by atoms with Crippen LogP contribution < -0.4 is 13.9 Å². The molecule has 2 heterocycles. The number of nitrogens with one attached hydrogen (secondary N) is 1.